The first kappa shape index (κ1) is 22.4. The van der Waals surface area contributed by atoms with Crippen LogP contribution in [0, 0.1) is 23.2 Å². The number of fused-ring (bicyclic) bond motifs is 6. The van der Waals surface area contributed by atoms with E-state index in [1.165, 1.54) is 4.90 Å². The third-order valence-corrected chi connectivity index (χ3v) is 8.04. The van der Waals surface area contributed by atoms with Crippen LogP contribution in [0.25, 0.3) is 10.8 Å². The van der Waals surface area contributed by atoms with E-state index in [0.29, 0.717) is 46.8 Å². The second-order valence-corrected chi connectivity index (χ2v) is 9.99. The van der Waals surface area contributed by atoms with Gasteiger partial charge in [0.1, 0.15) is 0 Å². The van der Waals surface area contributed by atoms with Crippen LogP contribution in [0.15, 0.2) is 66.7 Å². The average Bonchev–Trinajstić information content (AvgIpc) is 3.48. The van der Waals surface area contributed by atoms with Crippen LogP contribution < -0.4 is 4.90 Å². The first-order chi connectivity index (χ1) is 17.4. The van der Waals surface area contributed by atoms with Crippen molar-refractivity contribution in [2.75, 3.05) is 11.5 Å². The van der Waals surface area contributed by atoms with Gasteiger partial charge < -0.3 is 9.47 Å². The number of carbonyl (C=O) groups is 3. The van der Waals surface area contributed by atoms with Gasteiger partial charge in [-0.25, -0.2) is 9.69 Å². The molecule has 3 saturated heterocycles. The molecule has 0 N–H and O–H groups in total. The van der Waals surface area contributed by atoms with E-state index in [2.05, 4.69) is 6.07 Å². The lowest BCUT2D eigenvalue weighted by Gasteiger charge is -2.31. The molecule has 0 spiro atoms. The number of rotatable bonds is 5. The maximum Gasteiger partial charge on any atom is 0.338 e. The molecule has 0 saturated carbocycles. The molecule has 6 rings (SSSR count). The number of amides is 2. The molecule has 0 aliphatic carbocycles. The fourth-order valence-electron chi connectivity index (χ4n) is 6.40. The largest absolute Gasteiger partial charge is 0.462 e. The lowest BCUT2D eigenvalue weighted by atomic mass is 9.67. The van der Waals surface area contributed by atoms with Crippen molar-refractivity contribution < 1.29 is 23.9 Å². The molecule has 36 heavy (non-hydrogen) atoms. The minimum absolute atomic E-state index is 0.0916. The summed E-state index contributed by atoms with van der Waals surface area (Å²) >= 11 is 0. The van der Waals surface area contributed by atoms with Gasteiger partial charge in [0.2, 0.25) is 11.8 Å². The van der Waals surface area contributed by atoms with E-state index in [1.807, 2.05) is 37.3 Å². The summed E-state index contributed by atoms with van der Waals surface area (Å²) in [7, 11) is 0. The summed E-state index contributed by atoms with van der Waals surface area (Å²) in [4.78, 5) is 41.4. The highest BCUT2D eigenvalue weighted by Gasteiger charge is 2.73. The Morgan fingerprint density at radius 2 is 1.69 bits per heavy atom. The van der Waals surface area contributed by atoms with Gasteiger partial charge in [0.05, 0.1) is 52.5 Å². The summed E-state index contributed by atoms with van der Waals surface area (Å²) < 4.78 is 12.0. The molecule has 2 bridgehead atoms. The molecule has 4 atom stereocenters. The van der Waals surface area contributed by atoms with Gasteiger partial charge >= 0.3 is 5.97 Å². The van der Waals surface area contributed by atoms with Crippen LogP contribution in [0.4, 0.5) is 5.69 Å². The van der Waals surface area contributed by atoms with Gasteiger partial charge in [0, 0.05) is 17.2 Å². The molecule has 4 unspecified atom stereocenters. The third kappa shape index (κ3) is 3.11. The summed E-state index contributed by atoms with van der Waals surface area (Å²) in [6.07, 6.45) is 1.61. The van der Waals surface area contributed by atoms with Crippen molar-refractivity contribution in [2.45, 2.75) is 37.4 Å². The highest BCUT2D eigenvalue weighted by molar-refractivity contribution is 6.26. The van der Waals surface area contributed by atoms with Gasteiger partial charge in [-0.2, -0.15) is 5.26 Å². The van der Waals surface area contributed by atoms with Crippen LogP contribution in [0.3, 0.4) is 0 Å². The Morgan fingerprint density at radius 1 is 1.00 bits per heavy atom. The van der Waals surface area contributed by atoms with Crippen LogP contribution >= 0.6 is 0 Å². The van der Waals surface area contributed by atoms with E-state index in [0.717, 1.165) is 0 Å². The van der Waals surface area contributed by atoms with E-state index in [4.69, 9.17) is 9.47 Å². The zero-order chi connectivity index (χ0) is 25.1. The number of esters is 1. The standard InChI is InChI=1S/C29H24N2O5/c1-28-13-14-29(36-28,15-16-35-27(34)18-7-3-2-4-8-18)24-23(28)25(32)31(26(24)33)22-12-11-19(17-30)20-9-5-6-10-21(20)22/h2-12,23-24H,13-16H2,1H3. The Balaban J connectivity index is 1.31. The van der Waals surface area contributed by atoms with Crippen molar-refractivity contribution >= 4 is 34.2 Å². The van der Waals surface area contributed by atoms with E-state index in [1.54, 1.807) is 36.4 Å². The van der Waals surface area contributed by atoms with Crippen molar-refractivity contribution in [3.05, 3.63) is 77.9 Å². The Bertz CT molecular complexity index is 1460. The number of benzene rings is 3. The predicted molar refractivity (Wildman–Crippen MR) is 131 cm³/mol. The molecule has 180 valence electrons. The molecule has 2 amide bonds. The number of hydrogen-bond acceptors (Lipinski definition) is 6. The maximum atomic E-state index is 13.9. The Hall–Kier alpha value is -4.02. The molecule has 7 heteroatoms. The Labute approximate surface area is 208 Å². The predicted octanol–water partition coefficient (Wildman–Crippen LogP) is 4.39. The van der Waals surface area contributed by atoms with E-state index in [-0.39, 0.29) is 18.4 Å². The highest BCUT2D eigenvalue weighted by atomic mass is 16.6. The lowest BCUT2D eigenvalue weighted by Crippen LogP contribution is -2.43. The van der Waals surface area contributed by atoms with E-state index >= 15 is 0 Å². The smallest absolute Gasteiger partial charge is 0.338 e. The number of anilines is 1. The van der Waals surface area contributed by atoms with Crippen LogP contribution in [0.1, 0.15) is 42.1 Å². The Morgan fingerprint density at radius 3 is 2.44 bits per heavy atom. The molecule has 3 aliphatic rings. The molecule has 0 aromatic heterocycles. The summed E-state index contributed by atoms with van der Waals surface area (Å²) in [5, 5.41) is 10.9. The number of carbonyl (C=O) groups excluding carboxylic acids is 3. The number of nitriles is 1. The molecule has 3 heterocycles. The zero-order valence-corrected chi connectivity index (χ0v) is 19.8. The summed E-state index contributed by atoms with van der Waals surface area (Å²) in [5.41, 5.74) is -0.177. The van der Waals surface area contributed by atoms with Crippen molar-refractivity contribution in [3.63, 3.8) is 0 Å². The normalized spacial score (nSPS) is 28.4. The average molecular weight is 481 g/mol. The zero-order valence-electron chi connectivity index (χ0n) is 19.8. The first-order valence-electron chi connectivity index (χ1n) is 12.1. The molecule has 7 nitrogen and oxygen atoms in total. The van der Waals surface area contributed by atoms with Crippen molar-refractivity contribution in [3.8, 4) is 6.07 Å². The molecular formula is C29H24N2O5. The van der Waals surface area contributed by atoms with E-state index < -0.39 is 29.0 Å². The summed E-state index contributed by atoms with van der Waals surface area (Å²) in [5.74, 6) is -2.24. The SMILES string of the molecule is CC12CCC(CCOC(=O)c3ccccc3)(O1)C1C(=O)N(c3ccc(C#N)c4ccccc34)C(=O)C12. The van der Waals surface area contributed by atoms with Gasteiger partial charge in [0.25, 0.3) is 0 Å². The molecule has 3 aromatic rings. The second kappa shape index (κ2) is 8.00. The minimum Gasteiger partial charge on any atom is -0.462 e. The van der Waals surface area contributed by atoms with Crippen molar-refractivity contribution in [1.82, 2.24) is 0 Å². The minimum atomic E-state index is -0.861. The summed E-state index contributed by atoms with van der Waals surface area (Å²) in [6, 6.07) is 21.6. The van der Waals surface area contributed by atoms with Crippen LogP contribution in [0.5, 0.6) is 0 Å². The van der Waals surface area contributed by atoms with Crippen LogP contribution in [-0.2, 0) is 19.1 Å². The number of ether oxygens (including phenoxy) is 2. The van der Waals surface area contributed by atoms with Crippen molar-refractivity contribution in [2.24, 2.45) is 11.8 Å². The molecule has 0 radical (unpaired) electrons. The van der Waals surface area contributed by atoms with Gasteiger partial charge in [-0.3, -0.25) is 9.59 Å². The summed E-state index contributed by atoms with van der Waals surface area (Å²) in [6.45, 7) is 2.00. The van der Waals surface area contributed by atoms with Gasteiger partial charge in [-0.05, 0) is 44.0 Å². The van der Waals surface area contributed by atoms with Crippen molar-refractivity contribution in [1.29, 1.82) is 5.26 Å². The van der Waals surface area contributed by atoms with Gasteiger partial charge in [0.15, 0.2) is 0 Å². The molecule has 3 aromatic carbocycles. The van der Waals surface area contributed by atoms with Gasteiger partial charge in [-0.15, -0.1) is 0 Å². The second-order valence-electron chi connectivity index (χ2n) is 9.99. The van der Waals surface area contributed by atoms with Crippen LogP contribution in [0.2, 0.25) is 0 Å². The fourth-order valence-corrected chi connectivity index (χ4v) is 6.40. The lowest BCUT2D eigenvalue weighted by molar-refractivity contribution is -0.131. The highest BCUT2D eigenvalue weighted by Crippen LogP contribution is 2.62. The van der Waals surface area contributed by atoms with Crippen LogP contribution in [-0.4, -0.2) is 35.6 Å². The van der Waals surface area contributed by atoms with E-state index in [9.17, 15) is 19.6 Å². The van der Waals surface area contributed by atoms with Gasteiger partial charge in [-0.1, -0.05) is 42.5 Å². The topological polar surface area (TPSA) is 96.7 Å². The molecular weight excluding hydrogens is 456 g/mol. The fraction of sp³-hybridized carbons (Fsp3) is 0.310. The number of imide groups is 1. The number of hydrogen-bond donors (Lipinski definition) is 0. The molecule has 3 fully saturated rings. The molecule has 3 aliphatic heterocycles. The monoisotopic (exact) mass is 480 g/mol. The first-order valence-corrected chi connectivity index (χ1v) is 12.1. The Kier molecular flexibility index (Phi) is 4.99. The quantitative estimate of drug-likeness (QED) is 0.397. The maximum absolute atomic E-state index is 13.9. The third-order valence-electron chi connectivity index (χ3n) is 8.04. The number of nitrogens with zero attached hydrogens (tertiary/aromatic N) is 2.